The van der Waals surface area contributed by atoms with E-state index in [1.165, 1.54) is 0 Å². The summed E-state index contributed by atoms with van der Waals surface area (Å²) in [5.74, 6) is 0. The predicted octanol–water partition coefficient (Wildman–Crippen LogP) is 8.65. The number of benzene rings is 4. The molecular formula is C34H30NO+. The maximum Gasteiger partial charge on any atom is 0.216 e. The number of pyridine rings is 1. The van der Waals surface area contributed by atoms with Gasteiger partial charge >= 0.3 is 0 Å². The first-order valence-electron chi connectivity index (χ1n) is 15.6. The fraction of sp³-hybridized carbons (Fsp3) is 0.147. The molecule has 176 valence electrons. The van der Waals surface area contributed by atoms with Crippen LogP contribution in [0.4, 0.5) is 0 Å². The lowest BCUT2D eigenvalue weighted by Gasteiger charge is -2.08. The fourth-order valence-corrected chi connectivity index (χ4v) is 5.01. The Balaban J connectivity index is 1.66. The van der Waals surface area contributed by atoms with Gasteiger partial charge in [0, 0.05) is 37.6 Å². The highest BCUT2D eigenvalue weighted by atomic mass is 16.3. The Morgan fingerprint density at radius 3 is 2.33 bits per heavy atom. The second-order valence-corrected chi connectivity index (χ2v) is 9.29. The van der Waals surface area contributed by atoms with Crippen LogP contribution in [0.25, 0.3) is 55.4 Å². The number of aromatic nitrogens is 1. The van der Waals surface area contributed by atoms with Crippen LogP contribution < -0.4 is 4.57 Å². The zero-order chi connectivity index (χ0) is 30.7. The van der Waals surface area contributed by atoms with Gasteiger partial charge in [-0.3, -0.25) is 0 Å². The number of hydrogen-bond donors (Lipinski definition) is 0. The van der Waals surface area contributed by atoms with Gasteiger partial charge in [-0.15, -0.1) is 0 Å². The Morgan fingerprint density at radius 2 is 1.53 bits per heavy atom. The largest absolute Gasteiger partial charge is 0.454 e. The molecule has 0 saturated carbocycles. The highest BCUT2D eigenvalue weighted by Crippen LogP contribution is 2.41. The third-order valence-corrected chi connectivity index (χ3v) is 6.85. The van der Waals surface area contributed by atoms with Gasteiger partial charge in [0.1, 0.15) is 18.2 Å². The first kappa shape index (κ1) is 15.7. The van der Waals surface area contributed by atoms with Crippen molar-refractivity contribution in [2.75, 3.05) is 0 Å². The van der Waals surface area contributed by atoms with Crippen molar-refractivity contribution in [3.8, 4) is 33.5 Å². The quantitative estimate of drug-likeness (QED) is 0.234. The van der Waals surface area contributed by atoms with Gasteiger partial charge in [0.15, 0.2) is 6.20 Å². The molecule has 6 rings (SSSR count). The molecule has 6 aromatic rings. The summed E-state index contributed by atoms with van der Waals surface area (Å²) in [6, 6.07) is 27.0. The van der Waals surface area contributed by atoms with Gasteiger partial charge in [0.25, 0.3) is 0 Å². The molecule has 0 radical (unpaired) electrons. The second kappa shape index (κ2) is 8.49. The molecule has 0 saturated heterocycles. The molecule has 0 bridgehead atoms. The van der Waals surface area contributed by atoms with Crippen LogP contribution >= 0.6 is 0 Å². The van der Waals surface area contributed by atoms with E-state index in [2.05, 4.69) is 0 Å². The molecule has 2 nitrogen and oxygen atoms in total. The Kier molecular flexibility index (Phi) is 3.72. The molecule has 2 heteroatoms. The third kappa shape index (κ3) is 3.61. The molecule has 0 aliphatic heterocycles. The molecule has 0 fully saturated rings. The molecule has 2 heterocycles. The summed E-state index contributed by atoms with van der Waals surface area (Å²) in [7, 11) is 1.78. The van der Waals surface area contributed by atoms with E-state index in [1.54, 1.807) is 36.0 Å². The van der Waals surface area contributed by atoms with E-state index >= 15 is 0 Å². The van der Waals surface area contributed by atoms with Crippen molar-refractivity contribution in [1.82, 2.24) is 0 Å². The van der Waals surface area contributed by atoms with Crippen LogP contribution in [0, 0.1) is 27.5 Å². The molecule has 0 aliphatic carbocycles. The zero-order valence-electron chi connectivity index (χ0n) is 27.2. The van der Waals surface area contributed by atoms with Gasteiger partial charge in [-0.05, 0) is 79.1 Å². The van der Waals surface area contributed by atoms with Crippen molar-refractivity contribution in [3.63, 3.8) is 0 Å². The van der Waals surface area contributed by atoms with Gasteiger partial charge in [-0.2, -0.15) is 0 Å². The van der Waals surface area contributed by atoms with Gasteiger partial charge in [0.2, 0.25) is 5.69 Å². The molecule has 0 N–H and O–H groups in total. The number of rotatable bonds is 3. The third-order valence-electron chi connectivity index (χ3n) is 6.85. The monoisotopic (exact) mass is 475 g/mol. The van der Waals surface area contributed by atoms with Crippen LogP contribution in [0.1, 0.15) is 31.8 Å². The van der Waals surface area contributed by atoms with Crippen molar-refractivity contribution in [1.29, 1.82) is 0 Å². The number of nitrogens with zero attached hydrogens (tertiary/aromatic N) is 1. The number of furan rings is 1. The molecule has 0 amide bonds. The Bertz CT molecular complexity index is 2000. The Hall–Kier alpha value is -4.17. The molecule has 0 spiro atoms. The lowest BCUT2D eigenvalue weighted by molar-refractivity contribution is -0.660. The smallest absolute Gasteiger partial charge is 0.216 e. The van der Waals surface area contributed by atoms with E-state index in [0.29, 0.717) is 33.4 Å². The number of aryl methyl sites for hydroxylation is 5. The lowest BCUT2D eigenvalue weighted by Crippen LogP contribution is -2.31. The van der Waals surface area contributed by atoms with E-state index in [4.69, 9.17) is 14.0 Å². The van der Waals surface area contributed by atoms with Crippen LogP contribution in [0.2, 0.25) is 0 Å². The molecule has 2 aromatic heterocycles. The van der Waals surface area contributed by atoms with Crippen molar-refractivity contribution < 1.29 is 18.6 Å². The average Bonchev–Trinajstić information content (AvgIpc) is 3.35. The minimum absolute atomic E-state index is 0.145. The van der Waals surface area contributed by atoms with Crippen molar-refractivity contribution >= 4 is 21.9 Å². The zero-order valence-corrected chi connectivity index (χ0v) is 20.2. The SMILES string of the molecule is [2H]Cc1cc(-c2c(C)ccc3c2oc2c(-c4cccc(-c5ccccc5)c4)cc(C([2H])([2H])[2H])cc23)[n+](C)cc1C([2H])([2H])[2H]. The molecule has 4 aromatic carbocycles. The first-order chi connectivity index (χ1) is 20.4. The Labute approximate surface area is 222 Å². The van der Waals surface area contributed by atoms with E-state index < -0.39 is 13.7 Å². The normalized spacial score (nSPS) is 15.0. The lowest BCUT2D eigenvalue weighted by atomic mass is 9.95. The van der Waals surface area contributed by atoms with Crippen molar-refractivity contribution in [2.24, 2.45) is 7.05 Å². The molecule has 36 heavy (non-hydrogen) atoms. The maximum absolute atomic E-state index is 8.24. The van der Waals surface area contributed by atoms with Gasteiger partial charge in [0.05, 0.1) is 5.56 Å². The summed E-state index contributed by atoms with van der Waals surface area (Å²) in [5, 5.41) is 1.45. The predicted molar refractivity (Wildman–Crippen MR) is 150 cm³/mol. The standard InChI is InChI=1S/C34H30NO/c1-21-16-29(27-13-9-12-26(19-27)25-10-7-6-8-11-25)33-30(17-21)28-15-14-22(2)32(34(28)36-33)31-18-23(3)24(4)20-35(31)5/h6-20H,1-5H3/q+1/i1D3,3D,4D3. The summed E-state index contributed by atoms with van der Waals surface area (Å²) < 4.78 is 65.1. The van der Waals surface area contributed by atoms with Crippen LogP contribution in [0.15, 0.2) is 95.5 Å². The van der Waals surface area contributed by atoms with Gasteiger partial charge in [-0.1, -0.05) is 60.7 Å². The Morgan fingerprint density at radius 1 is 0.694 bits per heavy atom. The van der Waals surface area contributed by atoms with Crippen molar-refractivity contribution in [3.05, 3.63) is 113 Å². The second-order valence-electron chi connectivity index (χ2n) is 9.29. The molecule has 0 aliphatic rings. The first-order valence-corrected chi connectivity index (χ1v) is 11.9. The van der Waals surface area contributed by atoms with Gasteiger partial charge in [-0.25, -0.2) is 4.57 Å². The summed E-state index contributed by atoms with van der Waals surface area (Å²) in [6.45, 7) is -2.90. The molecular weight excluding hydrogens is 438 g/mol. The fourth-order valence-electron chi connectivity index (χ4n) is 5.01. The highest BCUT2D eigenvalue weighted by molar-refractivity contribution is 6.13. The van der Waals surface area contributed by atoms with E-state index in [0.717, 1.165) is 33.2 Å². The van der Waals surface area contributed by atoms with Crippen LogP contribution in [0.3, 0.4) is 0 Å². The minimum atomic E-state index is -2.35. The summed E-state index contributed by atoms with van der Waals surface area (Å²) in [6.07, 6.45) is 1.57. The van der Waals surface area contributed by atoms with Crippen LogP contribution in [-0.2, 0) is 7.05 Å². The van der Waals surface area contributed by atoms with Crippen LogP contribution in [-0.4, -0.2) is 0 Å². The van der Waals surface area contributed by atoms with Crippen molar-refractivity contribution in [2.45, 2.75) is 27.5 Å². The van der Waals surface area contributed by atoms with E-state index in [-0.39, 0.29) is 18.0 Å². The topological polar surface area (TPSA) is 17.0 Å². The maximum atomic E-state index is 8.24. The van der Waals surface area contributed by atoms with E-state index in [9.17, 15) is 0 Å². The number of hydrogen-bond acceptors (Lipinski definition) is 1. The summed E-state index contributed by atoms with van der Waals surface area (Å²) >= 11 is 0. The minimum Gasteiger partial charge on any atom is -0.454 e. The molecule has 0 atom stereocenters. The highest BCUT2D eigenvalue weighted by Gasteiger charge is 2.23. The van der Waals surface area contributed by atoms with E-state index in [1.807, 2.05) is 73.7 Å². The van der Waals surface area contributed by atoms with Gasteiger partial charge < -0.3 is 4.42 Å². The molecule has 0 unspecified atom stereocenters. The average molecular weight is 476 g/mol. The number of fused-ring (bicyclic) bond motifs is 3. The summed E-state index contributed by atoms with van der Waals surface area (Å²) in [4.78, 5) is 0. The summed E-state index contributed by atoms with van der Waals surface area (Å²) in [5.41, 5.74) is 7.87. The van der Waals surface area contributed by atoms with Crippen LogP contribution in [0.5, 0.6) is 0 Å².